The lowest BCUT2D eigenvalue weighted by Gasteiger charge is -2.30. The molecule has 4 aromatic heterocycles. The third kappa shape index (κ3) is 5.35. The second kappa shape index (κ2) is 10.9. The number of thiazole rings is 1. The number of hydrogen-bond donors (Lipinski definition) is 4. The molecular weight excluding hydrogens is 538 g/mol. The van der Waals surface area contributed by atoms with Crippen LogP contribution in [0.4, 0.5) is 22.3 Å². The van der Waals surface area contributed by atoms with Gasteiger partial charge in [0.2, 0.25) is 5.43 Å². The van der Waals surface area contributed by atoms with E-state index >= 15 is 0 Å². The van der Waals surface area contributed by atoms with Gasteiger partial charge in [0, 0.05) is 36.6 Å². The van der Waals surface area contributed by atoms with Crippen molar-refractivity contribution in [1.82, 2.24) is 9.97 Å². The number of carbonyl (C=O) groups excluding carboxylic acids is 1. The lowest BCUT2D eigenvalue weighted by Crippen LogP contribution is -2.42. The molecule has 2 atom stereocenters. The number of primary amides is 1. The summed E-state index contributed by atoms with van der Waals surface area (Å²) in [5.74, 6) is -0.103. The van der Waals surface area contributed by atoms with Crippen LogP contribution in [0.15, 0.2) is 39.1 Å². The van der Waals surface area contributed by atoms with Crippen molar-refractivity contribution in [2.24, 2.45) is 11.5 Å². The van der Waals surface area contributed by atoms with Crippen molar-refractivity contribution in [1.29, 1.82) is 0 Å². The Morgan fingerprint density at radius 3 is 2.74 bits per heavy atom. The van der Waals surface area contributed by atoms with E-state index in [1.807, 2.05) is 16.3 Å². The third-order valence-electron chi connectivity index (χ3n) is 7.04. The lowest BCUT2D eigenvalue weighted by atomic mass is 9.91. The fourth-order valence-corrected chi connectivity index (χ4v) is 6.80. The van der Waals surface area contributed by atoms with Gasteiger partial charge in [-0.3, -0.25) is 9.59 Å². The summed E-state index contributed by atoms with van der Waals surface area (Å²) in [7, 11) is 0. The number of hydrogen-bond acceptors (Lipinski definition) is 12. The Hall–Kier alpha value is -3.52. The standard InChI is InChI=1S/C26H29N7O4S2/c27-16-3-1-2-4-17(16)31-14-9-18(22(25(28)35)29-11-14)32-20-12-30-26(39-20)15-13-38-24-19(34)10-21(37-23(15)24)33-5-7-36-8-6-33/h9-13,16-17,31-32H,1-8,27H2,(H2,28,35)/t16-,17+/m1/s1. The van der Waals surface area contributed by atoms with E-state index in [-0.39, 0.29) is 23.2 Å². The molecule has 4 aromatic rings. The molecule has 2 fully saturated rings. The summed E-state index contributed by atoms with van der Waals surface area (Å²) in [5, 5.41) is 9.98. The molecule has 6 rings (SSSR count). The van der Waals surface area contributed by atoms with Crippen molar-refractivity contribution in [2.45, 2.75) is 37.8 Å². The first kappa shape index (κ1) is 25.7. The Morgan fingerprint density at radius 2 is 1.95 bits per heavy atom. The van der Waals surface area contributed by atoms with Crippen molar-refractivity contribution in [3.05, 3.63) is 45.8 Å². The maximum atomic E-state index is 12.8. The number of aromatic nitrogens is 2. The number of nitrogens with one attached hydrogen (secondary N) is 2. The van der Waals surface area contributed by atoms with E-state index < -0.39 is 5.91 Å². The van der Waals surface area contributed by atoms with Crippen LogP contribution in [-0.2, 0) is 4.74 Å². The zero-order chi connectivity index (χ0) is 26.9. The molecule has 39 heavy (non-hydrogen) atoms. The van der Waals surface area contributed by atoms with Crippen LogP contribution in [0, 0.1) is 0 Å². The van der Waals surface area contributed by atoms with Crippen LogP contribution in [0.25, 0.3) is 20.9 Å². The monoisotopic (exact) mass is 567 g/mol. The molecule has 1 aliphatic carbocycles. The number of rotatable bonds is 7. The van der Waals surface area contributed by atoms with Crippen LogP contribution in [0.5, 0.6) is 0 Å². The first-order chi connectivity index (χ1) is 19.0. The molecule has 0 bridgehead atoms. The summed E-state index contributed by atoms with van der Waals surface area (Å²) >= 11 is 2.71. The predicted octanol–water partition coefficient (Wildman–Crippen LogP) is 3.73. The Balaban J connectivity index is 1.28. The fraction of sp³-hybridized carbons (Fsp3) is 0.385. The van der Waals surface area contributed by atoms with Crippen molar-refractivity contribution >= 4 is 61.1 Å². The Morgan fingerprint density at radius 1 is 1.13 bits per heavy atom. The van der Waals surface area contributed by atoms with E-state index in [9.17, 15) is 9.59 Å². The molecule has 5 heterocycles. The summed E-state index contributed by atoms with van der Waals surface area (Å²) in [6.45, 7) is 2.50. The maximum Gasteiger partial charge on any atom is 0.269 e. The molecule has 11 nitrogen and oxygen atoms in total. The first-order valence-corrected chi connectivity index (χ1v) is 14.6. The number of amides is 1. The number of pyridine rings is 1. The van der Waals surface area contributed by atoms with Gasteiger partial charge in [0.05, 0.1) is 42.5 Å². The zero-order valence-corrected chi connectivity index (χ0v) is 22.8. The van der Waals surface area contributed by atoms with Gasteiger partial charge in [-0.25, -0.2) is 9.97 Å². The fourth-order valence-electron chi connectivity index (χ4n) is 4.99. The molecule has 2 aliphatic rings. The molecular formula is C26H29N7O4S2. The molecule has 0 radical (unpaired) electrons. The summed E-state index contributed by atoms with van der Waals surface area (Å²) in [4.78, 5) is 35.8. The minimum atomic E-state index is -0.635. The summed E-state index contributed by atoms with van der Waals surface area (Å²) in [6, 6.07) is 3.58. The van der Waals surface area contributed by atoms with Gasteiger partial charge in [-0.15, -0.1) is 11.3 Å². The van der Waals surface area contributed by atoms with Crippen LogP contribution in [0.1, 0.15) is 36.2 Å². The number of nitrogens with two attached hydrogens (primary N) is 2. The summed E-state index contributed by atoms with van der Waals surface area (Å²) in [6.07, 6.45) is 7.50. The van der Waals surface area contributed by atoms with Crippen molar-refractivity contribution in [3.63, 3.8) is 0 Å². The van der Waals surface area contributed by atoms with E-state index in [1.165, 1.54) is 22.7 Å². The minimum Gasteiger partial charge on any atom is -0.439 e. The highest BCUT2D eigenvalue weighted by Crippen LogP contribution is 2.39. The second-order valence-electron chi connectivity index (χ2n) is 9.69. The number of thiophene rings is 1. The van der Waals surface area contributed by atoms with Gasteiger partial charge in [0.25, 0.3) is 5.91 Å². The minimum absolute atomic E-state index is 0.0688. The highest BCUT2D eigenvalue weighted by molar-refractivity contribution is 7.20. The van der Waals surface area contributed by atoms with E-state index in [0.29, 0.717) is 58.2 Å². The van der Waals surface area contributed by atoms with Crippen LogP contribution in [-0.4, -0.2) is 54.3 Å². The normalized spacial score (nSPS) is 19.8. The van der Waals surface area contributed by atoms with Crippen molar-refractivity contribution in [3.8, 4) is 10.6 Å². The first-order valence-electron chi connectivity index (χ1n) is 12.9. The van der Waals surface area contributed by atoms with Gasteiger partial charge in [-0.05, 0) is 18.9 Å². The quantitative estimate of drug-likeness (QED) is 0.259. The number of nitrogens with zero attached hydrogens (tertiary/aromatic N) is 3. The molecule has 0 spiro atoms. The van der Waals surface area contributed by atoms with E-state index in [0.717, 1.165) is 36.9 Å². The molecule has 1 aliphatic heterocycles. The van der Waals surface area contributed by atoms with Gasteiger partial charge in [-0.1, -0.05) is 24.2 Å². The molecule has 204 valence electrons. The Labute approximate surface area is 232 Å². The summed E-state index contributed by atoms with van der Waals surface area (Å²) in [5.41, 5.74) is 14.5. The van der Waals surface area contributed by atoms with E-state index in [4.69, 9.17) is 20.6 Å². The number of ether oxygens (including phenoxy) is 1. The molecule has 13 heteroatoms. The molecule has 1 saturated heterocycles. The topological polar surface area (TPSA) is 162 Å². The molecule has 0 aromatic carbocycles. The molecule has 1 saturated carbocycles. The zero-order valence-electron chi connectivity index (χ0n) is 21.1. The Bertz CT molecular complexity index is 1560. The van der Waals surface area contributed by atoms with Gasteiger partial charge in [-0.2, -0.15) is 0 Å². The van der Waals surface area contributed by atoms with Crippen molar-refractivity contribution in [2.75, 3.05) is 41.8 Å². The maximum absolute atomic E-state index is 12.8. The lowest BCUT2D eigenvalue weighted by molar-refractivity contribution is 0.0996. The third-order valence-corrected chi connectivity index (χ3v) is 8.96. The van der Waals surface area contributed by atoms with Gasteiger partial charge in [0.1, 0.15) is 14.7 Å². The van der Waals surface area contributed by atoms with Crippen LogP contribution in [0.3, 0.4) is 0 Å². The largest absolute Gasteiger partial charge is 0.439 e. The molecule has 1 amide bonds. The van der Waals surface area contributed by atoms with Gasteiger partial charge < -0.3 is 36.2 Å². The second-order valence-corrected chi connectivity index (χ2v) is 11.6. The SMILES string of the molecule is NC(=O)c1ncc(N[C@H]2CCCC[C@H]2N)cc1Nc1cnc(-c2csc3c(=O)cc(N4CCOCC4)oc23)s1. The summed E-state index contributed by atoms with van der Waals surface area (Å²) < 4.78 is 12.2. The van der Waals surface area contributed by atoms with E-state index in [2.05, 4.69) is 20.6 Å². The van der Waals surface area contributed by atoms with Gasteiger partial charge in [0.15, 0.2) is 17.2 Å². The predicted molar refractivity (Wildman–Crippen MR) is 154 cm³/mol. The molecule has 6 N–H and O–H groups in total. The highest BCUT2D eigenvalue weighted by atomic mass is 32.1. The average Bonchev–Trinajstić information content (AvgIpc) is 3.58. The van der Waals surface area contributed by atoms with Gasteiger partial charge >= 0.3 is 0 Å². The number of morpholine rings is 1. The number of fused-ring (bicyclic) bond motifs is 1. The van der Waals surface area contributed by atoms with Crippen LogP contribution >= 0.6 is 22.7 Å². The van der Waals surface area contributed by atoms with Crippen LogP contribution < -0.4 is 32.4 Å². The molecule has 0 unspecified atom stereocenters. The highest BCUT2D eigenvalue weighted by Gasteiger charge is 2.23. The number of anilines is 4. The van der Waals surface area contributed by atoms with Crippen molar-refractivity contribution < 1.29 is 13.9 Å². The van der Waals surface area contributed by atoms with E-state index in [1.54, 1.807) is 18.5 Å². The smallest absolute Gasteiger partial charge is 0.269 e. The number of carbonyl (C=O) groups is 1. The average molecular weight is 568 g/mol. The Kier molecular flexibility index (Phi) is 7.21. The van der Waals surface area contributed by atoms with Crippen LogP contribution in [0.2, 0.25) is 0 Å².